The lowest BCUT2D eigenvalue weighted by Gasteiger charge is -2.44. The lowest BCUT2D eigenvalue weighted by Crippen LogP contribution is -2.52. The average molecular weight is 379 g/mol. The first-order valence-corrected chi connectivity index (χ1v) is 9.40. The fourth-order valence-corrected chi connectivity index (χ4v) is 4.65. The fourth-order valence-electron chi connectivity index (χ4n) is 3.72. The highest BCUT2D eigenvalue weighted by atomic mass is 35.5. The van der Waals surface area contributed by atoms with Crippen molar-refractivity contribution in [2.45, 2.75) is 18.9 Å². The zero-order valence-corrected chi connectivity index (χ0v) is 15.9. The van der Waals surface area contributed by atoms with Gasteiger partial charge in [-0.15, -0.1) is 23.7 Å². The van der Waals surface area contributed by atoms with E-state index in [1.807, 2.05) is 29.6 Å². The molecule has 1 aromatic heterocycles. The number of carbonyl (C=O) groups excluding carboxylic acids is 1. The van der Waals surface area contributed by atoms with Crippen molar-refractivity contribution in [3.05, 3.63) is 41.8 Å². The smallest absolute Gasteiger partial charge is 0.414 e. The van der Waals surface area contributed by atoms with E-state index in [2.05, 4.69) is 17.0 Å². The fraction of sp³-hybridized carbons (Fsp3) is 0.421. The van der Waals surface area contributed by atoms with E-state index in [9.17, 15) is 4.79 Å². The Morgan fingerprint density at radius 1 is 1.20 bits per heavy atom. The van der Waals surface area contributed by atoms with E-state index in [1.165, 1.54) is 0 Å². The Morgan fingerprint density at radius 2 is 1.92 bits per heavy atom. The molecule has 4 nitrogen and oxygen atoms in total. The second-order valence-electron chi connectivity index (χ2n) is 6.62. The van der Waals surface area contributed by atoms with Gasteiger partial charge in [-0.2, -0.15) is 0 Å². The third-order valence-corrected chi connectivity index (χ3v) is 6.12. The molecule has 3 aliphatic rings. The largest absolute Gasteiger partial charge is 0.444 e. The topological polar surface area (TPSA) is 32.8 Å². The Kier molecular flexibility index (Phi) is 5.67. The van der Waals surface area contributed by atoms with Crippen LogP contribution in [0.25, 0.3) is 10.4 Å². The van der Waals surface area contributed by atoms with Crippen molar-refractivity contribution in [3.8, 4) is 10.4 Å². The monoisotopic (exact) mass is 378 g/mol. The molecule has 1 aromatic carbocycles. The molecule has 1 amide bonds. The summed E-state index contributed by atoms with van der Waals surface area (Å²) in [5.74, 6) is 0.531. The molecule has 6 heteroatoms. The summed E-state index contributed by atoms with van der Waals surface area (Å²) in [6.07, 6.45) is 2.09. The number of nitrogens with zero attached hydrogens (tertiary/aromatic N) is 2. The van der Waals surface area contributed by atoms with Gasteiger partial charge in [0.05, 0.1) is 10.6 Å². The number of rotatable bonds is 3. The van der Waals surface area contributed by atoms with Crippen molar-refractivity contribution in [3.63, 3.8) is 0 Å². The molecule has 2 aromatic rings. The van der Waals surface area contributed by atoms with Crippen LogP contribution in [0.5, 0.6) is 0 Å². The van der Waals surface area contributed by atoms with Gasteiger partial charge in [0.1, 0.15) is 6.10 Å². The normalized spacial score (nSPS) is 24.4. The SMILES string of the molecule is CN(C(=O)OC1CN2CCC1CC2)c1ccsc1-c1ccccc1.Cl. The molecule has 0 aliphatic carbocycles. The summed E-state index contributed by atoms with van der Waals surface area (Å²) in [6, 6.07) is 12.2. The number of benzene rings is 1. The second kappa shape index (κ2) is 7.77. The molecule has 0 radical (unpaired) electrons. The maximum absolute atomic E-state index is 12.7. The number of carbonyl (C=O) groups is 1. The number of hydrogen-bond acceptors (Lipinski definition) is 4. The van der Waals surface area contributed by atoms with Crippen molar-refractivity contribution in [2.75, 3.05) is 31.6 Å². The van der Waals surface area contributed by atoms with Gasteiger partial charge in [0.2, 0.25) is 0 Å². The highest BCUT2D eigenvalue weighted by molar-refractivity contribution is 7.14. The number of hydrogen-bond donors (Lipinski definition) is 0. The molecule has 0 saturated carbocycles. The van der Waals surface area contributed by atoms with E-state index in [0.29, 0.717) is 5.92 Å². The molecule has 134 valence electrons. The molecule has 4 heterocycles. The quantitative estimate of drug-likeness (QED) is 0.788. The van der Waals surface area contributed by atoms with Crippen molar-refractivity contribution >= 4 is 35.5 Å². The molecule has 3 aliphatic heterocycles. The summed E-state index contributed by atoms with van der Waals surface area (Å²) in [4.78, 5) is 17.8. The predicted octanol–water partition coefficient (Wildman–Crippen LogP) is 4.50. The van der Waals surface area contributed by atoms with Crippen LogP contribution in [0.3, 0.4) is 0 Å². The minimum absolute atomic E-state index is 0. The lowest BCUT2D eigenvalue weighted by molar-refractivity contribution is -0.0307. The summed E-state index contributed by atoms with van der Waals surface area (Å²) in [5.41, 5.74) is 2.04. The van der Waals surface area contributed by atoms with Crippen LogP contribution < -0.4 is 4.90 Å². The number of anilines is 1. The van der Waals surface area contributed by atoms with Crippen molar-refractivity contribution in [2.24, 2.45) is 5.92 Å². The van der Waals surface area contributed by atoms with Crippen molar-refractivity contribution < 1.29 is 9.53 Å². The summed E-state index contributed by atoms with van der Waals surface area (Å²) >= 11 is 1.65. The molecule has 3 fully saturated rings. The van der Waals surface area contributed by atoms with Crippen molar-refractivity contribution in [1.29, 1.82) is 0 Å². The molecular weight excluding hydrogens is 356 g/mol. The number of halogens is 1. The highest BCUT2D eigenvalue weighted by Gasteiger charge is 2.37. The van der Waals surface area contributed by atoms with Gasteiger partial charge >= 0.3 is 6.09 Å². The standard InChI is InChI=1S/C19H22N2O2S.ClH/c1-20(16-9-12-24-18(16)15-5-3-2-4-6-15)19(22)23-17-13-21-10-7-14(17)8-11-21;/h2-6,9,12,14,17H,7-8,10-11,13H2,1H3;1H. The van der Waals surface area contributed by atoms with Crippen LogP contribution in [0.15, 0.2) is 41.8 Å². The van der Waals surface area contributed by atoms with Gasteiger partial charge in [0.15, 0.2) is 0 Å². The third-order valence-electron chi connectivity index (χ3n) is 5.16. The lowest BCUT2D eigenvalue weighted by atomic mass is 9.86. The van der Waals surface area contributed by atoms with Crippen LogP contribution in [0, 0.1) is 5.92 Å². The van der Waals surface area contributed by atoms with Gasteiger partial charge in [-0.1, -0.05) is 30.3 Å². The second-order valence-corrected chi connectivity index (χ2v) is 7.54. The number of piperidine rings is 3. The van der Waals surface area contributed by atoms with Gasteiger partial charge in [-0.3, -0.25) is 9.80 Å². The number of ether oxygens (including phenoxy) is 1. The van der Waals surface area contributed by atoms with Gasteiger partial charge in [-0.05, 0) is 48.9 Å². The van der Waals surface area contributed by atoms with Crippen LogP contribution in [0.2, 0.25) is 0 Å². The Morgan fingerprint density at radius 3 is 2.56 bits per heavy atom. The minimum Gasteiger partial charge on any atom is -0.444 e. The maximum Gasteiger partial charge on any atom is 0.414 e. The molecule has 0 N–H and O–H groups in total. The first-order chi connectivity index (χ1) is 11.7. The van der Waals surface area contributed by atoms with Gasteiger partial charge in [0.25, 0.3) is 0 Å². The summed E-state index contributed by atoms with van der Waals surface area (Å²) in [6.45, 7) is 3.19. The van der Waals surface area contributed by atoms with Crippen LogP contribution in [-0.4, -0.2) is 43.8 Å². The molecule has 3 saturated heterocycles. The molecule has 25 heavy (non-hydrogen) atoms. The highest BCUT2D eigenvalue weighted by Crippen LogP contribution is 2.36. The Hall–Kier alpha value is -1.56. The van der Waals surface area contributed by atoms with Gasteiger partial charge < -0.3 is 4.74 Å². The Balaban J connectivity index is 0.00000182. The van der Waals surface area contributed by atoms with Crippen LogP contribution in [-0.2, 0) is 4.74 Å². The van der Waals surface area contributed by atoms with Crippen LogP contribution >= 0.6 is 23.7 Å². The maximum atomic E-state index is 12.7. The number of amides is 1. The van der Waals surface area contributed by atoms with E-state index in [4.69, 9.17) is 4.74 Å². The van der Waals surface area contributed by atoms with Gasteiger partial charge in [0, 0.05) is 13.6 Å². The average Bonchev–Trinajstić information content (AvgIpc) is 3.12. The summed E-state index contributed by atoms with van der Waals surface area (Å²) < 4.78 is 5.85. The van der Waals surface area contributed by atoms with Crippen LogP contribution in [0.4, 0.5) is 10.5 Å². The van der Waals surface area contributed by atoms with Crippen LogP contribution in [0.1, 0.15) is 12.8 Å². The molecule has 2 bridgehead atoms. The molecule has 0 spiro atoms. The molecule has 1 unspecified atom stereocenters. The molecule has 5 rings (SSSR count). The van der Waals surface area contributed by atoms with Crippen molar-refractivity contribution in [1.82, 2.24) is 4.90 Å². The van der Waals surface area contributed by atoms with Gasteiger partial charge in [-0.25, -0.2) is 4.79 Å². The first kappa shape index (κ1) is 18.2. The Bertz CT molecular complexity index is 713. The number of fused-ring (bicyclic) bond motifs is 3. The van der Waals surface area contributed by atoms with E-state index >= 15 is 0 Å². The van der Waals surface area contributed by atoms with E-state index in [-0.39, 0.29) is 24.6 Å². The minimum atomic E-state index is -0.246. The third kappa shape index (κ3) is 3.68. The molecular formula is C19H23ClN2O2S. The zero-order chi connectivity index (χ0) is 16.5. The summed E-state index contributed by atoms with van der Waals surface area (Å²) in [5, 5.41) is 2.02. The summed E-state index contributed by atoms with van der Waals surface area (Å²) in [7, 11) is 1.80. The predicted molar refractivity (Wildman–Crippen MR) is 105 cm³/mol. The Labute approximate surface area is 158 Å². The van der Waals surface area contributed by atoms with E-state index < -0.39 is 0 Å². The first-order valence-electron chi connectivity index (χ1n) is 8.52. The van der Waals surface area contributed by atoms with E-state index in [1.54, 1.807) is 23.3 Å². The zero-order valence-electron chi connectivity index (χ0n) is 14.3. The molecule has 1 atom stereocenters. The van der Waals surface area contributed by atoms with E-state index in [0.717, 1.165) is 48.6 Å². The number of thiophene rings is 1.